The monoisotopic (exact) mass is 81.0 g/mol. The number of nitrogens with zero attached hydrogens (tertiary/aromatic N) is 1. The maximum absolute atomic E-state index is 8.24. The van der Waals surface area contributed by atoms with E-state index in [1.54, 1.807) is 0 Å². The topological polar surface area (TPSA) is 39.4 Å². The van der Waals surface area contributed by atoms with Crippen molar-refractivity contribution in [1.82, 2.24) is 0 Å². The molecule has 0 aliphatic carbocycles. The predicted molar refractivity (Wildman–Crippen MR) is 9.05 cm³/mol. The molecule has 0 saturated carbocycles. The molecule has 0 aliphatic rings. The van der Waals surface area contributed by atoms with Gasteiger partial charge in [0.1, 0.15) is 0 Å². The molecule has 0 aromatic carbocycles. The Hall–Kier alpha value is 1.02. The van der Waals surface area contributed by atoms with Crippen molar-refractivity contribution in [3.8, 4) is 0 Å². The van der Waals surface area contributed by atoms with Gasteiger partial charge in [0.05, 0.1) is 0 Å². The van der Waals surface area contributed by atoms with E-state index in [9.17, 15) is 0 Å². The van der Waals surface area contributed by atoms with Crippen LogP contribution in [-0.2, 0) is 4.79 Å². The summed E-state index contributed by atoms with van der Waals surface area (Å²) < 4.78 is 0. The van der Waals surface area contributed by atoms with Crippen LogP contribution in [0.15, 0.2) is 0 Å². The van der Waals surface area contributed by atoms with Gasteiger partial charge in [-0.15, -0.1) is 0 Å². The molecule has 0 rings (SSSR count). The maximum Gasteiger partial charge on any atom is 1.00 e. The number of rotatable bonds is 0. The third-order valence-corrected chi connectivity index (χ3v) is 0. The van der Waals surface area contributed by atoms with Crippen LogP contribution in [-0.4, -0.2) is 6.08 Å². The minimum absolute atomic E-state index is 0. The molecule has 0 atom stereocenters. The number of hydrogen-bond donors (Lipinski definition) is 0. The van der Waals surface area contributed by atoms with Gasteiger partial charge in [0, 0.05) is 0 Å². The first-order valence-corrected chi connectivity index (χ1v) is 0.428. The molecular weight excluding hydrogens is 81.1 g/mol. The van der Waals surface area contributed by atoms with Crippen LogP contribution in [0.5, 0.6) is 0 Å². The van der Waals surface area contributed by atoms with Crippen LogP contribution in [0, 0.1) is 0 Å². The van der Waals surface area contributed by atoms with Gasteiger partial charge < -0.3 is 5.41 Å². The molecule has 0 radical (unpaired) electrons. The fourth-order valence-electron chi connectivity index (χ4n) is 0. The summed E-state index contributed by atoms with van der Waals surface area (Å²) in [6.45, 7) is 0. The first-order chi connectivity index (χ1) is 1.41. The molecule has 0 bridgehead atoms. The van der Waals surface area contributed by atoms with Gasteiger partial charge in [-0.1, -0.05) is 0 Å². The van der Waals surface area contributed by atoms with Crippen LogP contribution >= 0.6 is 0 Å². The van der Waals surface area contributed by atoms with Crippen LogP contribution in [0.25, 0.3) is 5.41 Å². The van der Waals surface area contributed by atoms with Crippen LogP contribution in [0.3, 0.4) is 0 Å². The molecule has 0 saturated heterocycles. The molecule has 0 aliphatic heterocycles. The van der Waals surface area contributed by atoms with E-state index in [-0.39, 0.29) is 51.4 Å². The summed E-state index contributed by atoms with van der Waals surface area (Å²) in [6.07, 6.45) is 0.500. The molecule has 0 aromatic rings. The van der Waals surface area contributed by atoms with Gasteiger partial charge >= 0.3 is 51.4 Å². The molecule has 4 heavy (non-hydrogen) atoms. The average molecular weight is 81.1 g/mol. The minimum atomic E-state index is 0. The minimum Gasteiger partial charge on any atom is -0.724 e. The second-order valence-electron chi connectivity index (χ2n) is 0.0913. The van der Waals surface area contributed by atoms with Gasteiger partial charge in [-0.2, -0.15) is 0 Å². The summed E-state index contributed by atoms with van der Waals surface area (Å²) in [5.74, 6) is 0. The van der Waals surface area contributed by atoms with Crippen molar-refractivity contribution in [2.45, 2.75) is 0 Å². The number of carbonyl (C=O) groups excluding carboxylic acids is 1. The zero-order valence-electron chi connectivity index (χ0n) is 2.36. The summed E-state index contributed by atoms with van der Waals surface area (Å²) in [5.41, 5.74) is 0. The van der Waals surface area contributed by atoms with Crippen molar-refractivity contribution < 1.29 is 56.2 Å². The van der Waals surface area contributed by atoms with Crippen LogP contribution < -0.4 is 51.4 Å². The fourth-order valence-corrected chi connectivity index (χ4v) is 0. The van der Waals surface area contributed by atoms with Crippen molar-refractivity contribution >= 4 is 6.08 Å². The molecule has 0 heterocycles. The van der Waals surface area contributed by atoms with Gasteiger partial charge in [-0.3, -0.25) is 4.79 Å². The Morgan fingerprint density at radius 3 is 1.75 bits per heavy atom. The molecule has 2 nitrogen and oxygen atoms in total. The number of hydrogen-bond acceptors (Lipinski definition) is 1. The van der Waals surface area contributed by atoms with Crippen LogP contribution in [0.1, 0.15) is 0 Å². The number of isocyanates is 1. The zero-order chi connectivity index (χ0) is 2.71. The Balaban J connectivity index is 0. The summed E-state index contributed by atoms with van der Waals surface area (Å²) >= 11 is 0. The maximum atomic E-state index is 8.24. The third-order valence-electron chi connectivity index (χ3n) is 0. The first-order valence-electron chi connectivity index (χ1n) is 0.428. The standard InChI is InChI=1S/CNO.K/c2-1-3;/q-1;+1. The largest absolute Gasteiger partial charge is 1.00 e. The zero-order valence-corrected chi connectivity index (χ0v) is 5.48. The fraction of sp³-hybridized carbons (Fsp3) is 0. The first kappa shape index (κ1) is 8.89. The van der Waals surface area contributed by atoms with E-state index in [0.717, 1.165) is 0 Å². The van der Waals surface area contributed by atoms with E-state index >= 15 is 0 Å². The molecule has 0 N–H and O–H groups in total. The van der Waals surface area contributed by atoms with E-state index in [1.165, 1.54) is 0 Å². The van der Waals surface area contributed by atoms with Gasteiger partial charge in [-0.25, -0.2) is 0 Å². The van der Waals surface area contributed by atoms with Crippen molar-refractivity contribution in [2.24, 2.45) is 0 Å². The molecule has 0 aromatic heterocycles. The Bertz CT molecular complexity index is 29.0. The molecular formula is CKNO. The normalized spacial score (nSPS) is 2.00. The van der Waals surface area contributed by atoms with E-state index in [0.29, 0.717) is 6.08 Å². The Kier molecular flexibility index (Phi) is 20.0. The molecule has 16 valence electrons. The van der Waals surface area contributed by atoms with Gasteiger partial charge in [-0.05, 0) is 6.08 Å². The summed E-state index contributed by atoms with van der Waals surface area (Å²) in [7, 11) is 0. The molecule has 0 unspecified atom stereocenters. The van der Waals surface area contributed by atoms with E-state index in [2.05, 4.69) is 0 Å². The second-order valence-corrected chi connectivity index (χ2v) is 0.0913. The predicted octanol–water partition coefficient (Wildman–Crippen LogP) is -3.10. The van der Waals surface area contributed by atoms with E-state index in [1.807, 2.05) is 0 Å². The van der Waals surface area contributed by atoms with Crippen molar-refractivity contribution in [3.63, 3.8) is 0 Å². The average Bonchev–Trinajstić information content (AvgIpc) is 0.918. The quantitative estimate of drug-likeness (QED) is 0.173. The van der Waals surface area contributed by atoms with Crippen LogP contribution in [0.2, 0.25) is 0 Å². The molecule has 3 heteroatoms. The summed E-state index contributed by atoms with van der Waals surface area (Å²) in [4.78, 5) is 8.24. The van der Waals surface area contributed by atoms with E-state index < -0.39 is 0 Å². The van der Waals surface area contributed by atoms with Gasteiger partial charge in [0.2, 0.25) is 0 Å². The molecule has 0 fully saturated rings. The smallest absolute Gasteiger partial charge is 0.724 e. The molecule has 0 spiro atoms. The second kappa shape index (κ2) is 8.99. The van der Waals surface area contributed by atoms with Crippen LogP contribution in [0.4, 0.5) is 0 Å². The summed E-state index contributed by atoms with van der Waals surface area (Å²) in [6, 6.07) is 0. The summed E-state index contributed by atoms with van der Waals surface area (Å²) in [5, 5.41) is 6.76. The molecule has 0 amide bonds. The SMILES string of the molecule is [K+].[N-]=C=O. The third kappa shape index (κ3) is 11.9. The van der Waals surface area contributed by atoms with Crippen molar-refractivity contribution in [2.75, 3.05) is 0 Å². The van der Waals surface area contributed by atoms with Gasteiger partial charge in [0.25, 0.3) is 0 Å². The van der Waals surface area contributed by atoms with E-state index in [4.69, 9.17) is 10.2 Å². The van der Waals surface area contributed by atoms with Gasteiger partial charge in [0.15, 0.2) is 0 Å². The van der Waals surface area contributed by atoms with Crippen molar-refractivity contribution in [1.29, 1.82) is 0 Å². The Morgan fingerprint density at radius 2 is 1.75 bits per heavy atom. The Morgan fingerprint density at radius 1 is 1.75 bits per heavy atom. The van der Waals surface area contributed by atoms with Crippen molar-refractivity contribution in [3.05, 3.63) is 5.41 Å². The Labute approximate surface area is 66.5 Å².